The molecule has 0 aromatic carbocycles. The predicted octanol–water partition coefficient (Wildman–Crippen LogP) is -1.64. The maximum Gasteiger partial charge on any atom is 0.407 e. The second-order valence-electron chi connectivity index (χ2n) is 3.76. The molecule has 0 aromatic rings. The van der Waals surface area contributed by atoms with E-state index in [1.54, 1.807) is 0 Å². The summed E-state index contributed by atoms with van der Waals surface area (Å²) >= 11 is 0. The molecule has 1 aliphatic heterocycles. The average Bonchev–Trinajstić information content (AvgIpc) is 2.25. The van der Waals surface area contributed by atoms with Gasteiger partial charge in [0, 0.05) is 39.3 Å². The summed E-state index contributed by atoms with van der Waals surface area (Å²) in [6, 6.07) is 0. The van der Waals surface area contributed by atoms with Crippen LogP contribution in [0.4, 0.5) is 4.79 Å². The summed E-state index contributed by atoms with van der Waals surface area (Å²) < 4.78 is 0. The summed E-state index contributed by atoms with van der Waals surface area (Å²) in [4.78, 5) is 24.7. The lowest BCUT2D eigenvalue weighted by molar-refractivity contribution is -0.118. The number of carbonyl (C=O) groups excluding carboxylic acids is 1. The van der Waals surface area contributed by atoms with E-state index in [4.69, 9.17) is 10.8 Å². The van der Waals surface area contributed by atoms with Crippen molar-refractivity contribution in [3.8, 4) is 0 Å². The molecule has 92 valence electrons. The fourth-order valence-electron chi connectivity index (χ4n) is 1.63. The van der Waals surface area contributed by atoms with E-state index in [0.717, 1.165) is 31.1 Å². The Morgan fingerprint density at radius 1 is 1.38 bits per heavy atom. The first-order chi connectivity index (χ1) is 7.59. The first-order valence-electron chi connectivity index (χ1n) is 5.29. The predicted molar refractivity (Wildman–Crippen MR) is 58.1 cm³/mol. The van der Waals surface area contributed by atoms with Gasteiger partial charge in [0.25, 0.3) is 0 Å². The minimum Gasteiger partial charge on any atom is -0.465 e. The maximum atomic E-state index is 10.8. The summed E-state index contributed by atoms with van der Waals surface area (Å²) in [5, 5.41) is 12.1. The van der Waals surface area contributed by atoms with Gasteiger partial charge < -0.3 is 16.2 Å². The summed E-state index contributed by atoms with van der Waals surface area (Å²) in [6.07, 6.45) is -1.10. The lowest BCUT2D eigenvalue weighted by Crippen LogP contribution is -2.48. The Labute approximate surface area is 94.2 Å². The zero-order chi connectivity index (χ0) is 12.0. The van der Waals surface area contributed by atoms with Gasteiger partial charge in [0.2, 0.25) is 5.91 Å². The Balaban J connectivity index is 2.30. The van der Waals surface area contributed by atoms with Crippen molar-refractivity contribution in [3.05, 3.63) is 0 Å². The van der Waals surface area contributed by atoms with Gasteiger partial charge in [0.15, 0.2) is 0 Å². The van der Waals surface area contributed by atoms with Crippen LogP contribution in [0.5, 0.6) is 0 Å². The molecular weight excluding hydrogens is 212 g/mol. The first-order valence-corrected chi connectivity index (χ1v) is 5.29. The van der Waals surface area contributed by atoms with E-state index in [1.165, 1.54) is 0 Å². The maximum absolute atomic E-state index is 10.8. The van der Waals surface area contributed by atoms with Gasteiger partial charge in [-0.25, -0.2) is 4.79 Å². The van der Waals surface area contributed by atoms with Gasteiger partial charge in [-0.05, 0) is 0 Å². The molecular formula is C9H18N4O3. The molecule has 1 heterocycles. The Bertz CT molecular complexity index is 253. The summed E-state index contributed by atoms with van der Waals surface area (Å²) in [5.74, 6) is -0.622. The van der Waals surface area contributed by atoms with Gasteiger partial charge in [-0.15, -0.1) is 0 Å². The van der Waals surface area contributed by atoms with Gasteiger partial charge >= 0.3 is 6.09 Å². The van der Waals surface area contributed by atoms with Crippen molar-refractivity contribution >= 4 is 12.0 Å². The van der Waals surface area contributed by atoms with Crippen molar-refractivity contribution in [2.24, 2.45) is 5.73 Å². The Kier molecular flexibility index (Phi) is 5.00. The van der Waals surface area contributed by atoms with Gasteiger partial charge in [-0.2, -0.15) is 0 Å². The zero-order valence-electron chi connectivity index (χ0n) is 9.19. The Morgan fingerprint density at radius 2 is 2.00 bits per heavy atom. The molecule has 0 unspecified atom stereocenters. The van der Waals surface area contributed by atoms with E-state index >= 15 is 0 Å². The Hall–Kier alpha value is -1.34. The third kappa shape index (κ3) is 4.45. The second-order valence-corrected chi connectivity index (χ2v) is 3.76. The molecule has 4 N–H and O–H groups in total. The van der Waals surface area contributed by atoms with E-state index in [0.29, 0.717) is 13.1 Å². The largest absolute Gasteiger partial charge is 0.465 e. The van der Waals surface area contributed by atoms with Crippen LogP contribution in [0.3, 0.4) is 0 Å². The molecule has 0 saturated carbocycles. The molecule has 0 radical (unpaired) electrons. The van der Waals surface area contributed by atoms with Crippen LogP contribution >= 0.6 is 0 Å². The lowest BCUT2D eigenvalue weighted by atomic mass is 10.3. The van der Waals surface area contributed by atoms with Crippen molar-refractivity contribution in [1.29, 1.82) is 0 Å². The fourth-order valence-corrected chi connectivity index (χ4v) is 1.63. The topological polar surface area (TPSA) is 98.9 Å². The monoisotopic (exact) mass is 230 g/mol. The number of primary amides is 1. The number of nitrogens with one attached hydrogen (secondary N) is 1. The highest BCUT2D eigenvalue weighted by molar-refractivity contribution is 5.80. The minimum absolute atomic E-state index is 0.235. The molecule has 0 aromatic heterocycles. The van der Waals surface area contributed by atoms with Crippen molar-refractivity contribution in [3.63, 3.8) is 0 Å². The van der Waals surface area contributed by atoms with Crippen LogP contribution in [-0.2, 0) is 4.79 Å². The second kappa shape index (κ2) is 6.29. The van der Waals surface area contributed by atoms with Crippen molar-refractivity contribution in [2.45, 2.75) is 0 Å². The lowest BCUT2D eigenvalue weighted by Gasteiger charge is -2.29. The van der Waals surface area contributed by atoms with Crippen LogP contribution in [0.15, 0.2) is 0 Å². The standard InChI is InChI=1S/C9H18N4O3/c10-8(14)7-13(9(15)16)6-5-12-3-1-11-2-4-12/h11H,1-7H2,(H2,10,14)(H,15,16). The fraction of sp³-hybridized carbons (Fsp3) is 0.778. The van der Waals surface area contributed by atoms with Crippen LogP contribution in [0.2, 0.25) is 0 Å². The first kappa shape index (κ1) is 12.7. The third-order valence-electron chi connectivity index (χ3n) is 2.51. The van der Waals surface area contributed by atoms with Gasteiger partial charge in [-0.3, -0.25) is 14.6 Å². The Morgan fingerprint density at radius 3 is 2.50 bits per heavy atom. The summed E-state index contributed by atoms with van der Waals surface area (Å²) in [6.45, 7) is 4.38. The average molecular weight is 230 g/mol. The molecule has 0 aliphatic carbocycles. The van der Waals surface area contributed by atoms with Crippen LogP contribution in [0.25, 0.3) is 0 Å². The number of hydrogen-bond donors (Lipinski definition) is 3. The molecule has 1 rings (SSSR count). The van der Waals surface area contributed by atoms with Crippen LogP contribution in [0.1, 0.15) is 0 Å². The molecule has 0 atom stereocenters. The molecule has 7 nitrogen and oxygen atoms in total. The molecule has 2 amide bonds. The van der Waals surface area contributed by atoms with Gasteiger partial charge in [0.1, 0.15) is 6.54 Å². The normalized spacial score (nSPS) is 17.0. The number of nitrogens with two attached hydrogens (primary N) is 1. The van der Waals surface area contributed by atoms with E-state index in [9.17, 15) is 9.59 Å². The molecule has 1 aliphatic rings. The zero-order valence-corrected chi connectivity index (χ0v) is 9.19. The van der Waals surface area contributed by atoms with Crippen molar-refractivity contribution < 1.29 is 14.7 Å². The highest BCUT2D eigenvalue weighted by Gasteiger charge is 2.16. The molecule has 0 bridgehead atoms. The van der Waals surface area contributed by atoms with E-state index < -0.39 is 12.0 Å². The van der Waals surface area contributed by atoms with Crippen LogP contribution < -0.4 is 11.1 Å². The number of carboxylic acid groups (broad SMARTS) is 1. The van der Waals surface area contributed by atoms with Crippen molar-refractivity contribution in [1.82, 2.24) is 15.1 Å². The highest BCUT2D eigenvalue weighted by Crippen LogP contribution is 1.95. The SMILES string of the molecule is NC(=O)CN(CCN1CCNCC1)C(=O)O. The van der Waals surface area contributed by atoms with Crippen molar-refractivity contribution in [2.75, 3.05) is 45.8 Å². The number of amides is 2. The quantitative estimate of drug-likeness (QED) is 0.526. The molecule has 0 spiro atoms. The van der Waals surface area contributed by atoms with E-state index in [-0.39, 0.29) is 6.54 Å². The van der Waals surface area contributed by atoms with Crippen LogP contribution in [0, 0.1) is 0 Å². The number of nitrogens with zero attached hydrogens (tertiary/aromatic N) is 2. The number of rotatable bonds is 5. The van der Waals surface area contributed by atoms with E-state index in [1.807, 2.05) is 0 Å². The van der Waals surface area contributed by atoms with Gasteiger partial charge in [-0.1, -0.05) is 0 Å². The summed E-state index contributed by atoms with van der Waals surface area (Å²) in [5.41, 5.74) is 4.97. The number of carbonyl (C=O) groups is 2. The third-order valence-corrected chi connectivity index (χ3v) is 2.51. The molecule has 1 saturated heterocycles. The highest BCUT2D eigenvalue weighted by atomic mass is 16.4. The van der Waals surface area contributed by atoms with Gasteiger partial charge in [0.05, 0.1) is 0 Å². The molecule has 1 fully saturated rings. The molecule has 7 heteroatoms. The number of piperazine rings is 1. The minimum atomic E-state index is -1.10. The molecule has 16 heavy (non-hydrogen) atoms. The summed E-state index contributed by atoms with van der Waals surface area (Å²) in [7, 11) is 0. The van der Waals surface area contributed by atoms with E-state index in [2.05, 4.69) is 10.2 Å². The van der Waals surface area contributed by atoms with Crippen LogP contribution in [-0.4, -0.2) is 72.7 Å². The smallest absolute Gasteiger partial charge is 0.407 e. The number of hydrogen-bond acceptors (Lipinski definition) is 4.